The van der Waals surface area contributed by atoms with Gasteiger partial charge in [-0.3, -0.25) is 4.79 Å². The molecular weight excluding hydrogens is 190 g/mol. The Morgan fingerprint density at radius 1 is 1.47 bits per heavy atom. The van der Waals surface area contributed by atoms with Crippen molar-refractivity contribution in [2.75, 3.05) is 11.9 Å². The average molecular weight is 205 g/mol. The first-order valence-electron chi connectivity index (χ1n) is 4.93. The summed E-state index contributed by atoms with van der Waals surface area (Å²) in [6.07, 6.45) is 3.17. The maximum absolute atomic E-state index is 11.3. The minimum absolute atomic E-state index is 0.148. The number of nitrogens with one attached hydrogen (secondary N) is 1. The zero-order valence-electron chi connectivity index (χ0n) is 8.99. The third-order valence-electron chi connectivity index (χ3n) is 1.76. The number of rotatable bonds is 4. The van der Waals surface area contributed by atoms with E-state index in [0.717, 1.165) is 0 Å². The van der Waals surface area contributed by atoms with Crippen LogP contribution in [0.3, 0.4) is 0 Å². The van der Waals surface area contributed by atoms with Gasteiger partial charge in [0.2, 0.25) is 5.91 Å². The molecule has 1 N–H and O–H groups in total. The van der Waals surface area contributed by atoms with Crippen LogP contribution in [0.2, 0.25) is 0 Å². The van der Waals surface area contributed by atoms with E-state index in [1.165, 1.54) is 6.08 Å². The number of allylic oxidation sites excluding steroid dienone is 1. The summed E-state index contributed by atoms with van der Waals surface area (Å²) < 4.78 is 5.38. The average Bonchev–Trinajstić information content (AvgIpc) is 2.21. The second kappa shape index (κ2) is 5.86. The Balaban J connectivity index is 2.79. The smallest absolute Gasteiger partial charge is 0.248 e. The van der Waals surface area contributed by atoms with Crippen molar-refractivity contribution in [3.05, 3.63) is 36.4 Å². The molecule has 0 heterocycles. The monoisotopic (exact) mass is 205 g/mol. The van der Waals surface area contributed by atoms with E-state index in [9.17, 15) is 4.79 Å². The van der Waals surface area contributed by atoms with Crippen molar-refractivity contribution in [2.45, 2.75) is 13.8 Å². The van der Waals surface area contributed by atoms with Crippen LogP contribution in [-0.4, -0.2) is 12.5 Å². The summed E-state index contributed by atoms with van der Waals surface area (Å²) in [5, 5.41) is 2.75. The number of ether oxygens (including phenoxy) is 1. The first-order valence-corrected chi connectivity index (χ1v) is 4.93. The number of carbonyl (C=O) groups is 1. The highest BCUT2D eigenvalue weighted by Gasteiger charge is 2.03. The van der Waals surface area contributed by atoms with E-state index in [1.807, 2.05) is 31.2 Å². The fraction of sp³-hybridized carbons (Fsp3) is 0.250. The Labute approximate surface area is 89.8 Å². The topological polar surface area (TPSA) is 38.3 Å². The van der Waals surface area contributed by atoms with Crippen LogP contribution in [0.1, 0.15) is 13.8 Å². The van der Waals surface area contributed by atoms with Crippen molar-refractivity contribution in [3.8, 4) is 5.75 Å². The lowest BCUT2D eigenvalue weighted by Gasteiger charge is -2.09. The molecular formula is C12H15NO2. The highest BCUT2D eigenvalue weighted by Crippen LogP contribution is 2.23. The predicted molar refractivity (Wildman–Crippen MR) is 61.1 cm³/mol. The predicted octanol–water partition coefficient (Wildman–Crippen LogP) is 2.60. The van der Waals surface area contributed by atoms with Gasteiger partial charge in [0.25, 0.3) is 0 Å². The zero-order valence-corrected chi connectivity index (χ0v) is 8.99. The van der Waals surface area contributed by atoms with E-state index in [1.54, 1.807) is 13.0 Å². The molecule has 15 heavy (non-hydrogen) atoms. The van der Waals surface area contributed by atoms with Crippen LogP contribution in [0.4, 0.5) is 5.69 Å². The Morgan fingerprint density at radius 2 is 2.20 bits per heavy atom. The molecule has 0 atom stereocenters. The van der Waals surface area contributed by atoms with Gasteiger partial charge in [-0.25, -0.2) is 0 Å². The summed E-state index contributed by atoms with van der Waals surface area (Å²) in [5.41, 5.74) is 0.697. The fourth-order valence-electron chi connectivity index (χ4n) is 1.18. The van der Waals surface area contributed by atoms with Gasteiger partial charge in [-0.05, 0) is 32.1 Å². The number of carbonyl (C=O) groups excluding carboxylic acids is 1. The number of anilines is 1. The van der Waals surface area contributed by atoms with E-state index < -0.39 is 0 Å². The minimum atomic E-state index is -0.148. The minimum Gasteiger partial charge on any atom is -0.492 e. The molecule has 3 nitrogen and oxygen atoms in total. The van der Waals surface area contributed by atoms with Crippen molar-refractivity contribution in [1.29, 1.82) is 0 Å². The molecule has 0 saturated heterocycles. The van der Waals surface area contributed by atoms with E-state index in [2.05, 4.69) is 5.32 Å². The normalized spacial score (nSPS) is 10.3. The highest BCUT2D eigenvalue weighted by molar-refractivity contribution is 6.00. The first-order chi connectivity index (χ1) is 7.27. The van der Waals surface area contributed by atoms with Gasteiger partial charge in [-0.2, -0.15) is 0 Å². The maximum Gasteiger partial charge on any atom is 0.248 e. The number of amides is 1. The third kappa shape index (κ3) is 3.46. The lowest BCUT2D eigenvalue weighted by atomic mass is 10.3. The van der Waals surface area contributed by atoms with Gasteiger partial charge in [0.15, 0.2) is 0 Å². The van der Waals surface area contributed by atoms with Crippen molar-refractivity contribution < 1.29 is 9.53 Å². The third-order valence-corrected chi connectivity index (χ3v) is 1.76. The molecule has 0 fully saturated rings. The standard InChI is InChI=1S/C12H15NO2/c1-3-7-12(14)13-10-8-5-6-9-11(10)15-4-2/h3,5-9H,4H2,1-2H3,(H,13,14). The Kier molecular flexibility index (Phi) is 4.41. The summed E-state index contributed by atoms with van der Waals surface area (Å²) >= 11 is 0. The van der Waals surface area contributed by atoms with Gasteiger partial charge in [-0.15, -0.1) is 0 Å². The molecule has 80 valence electrons. The van der Waals surface area contributed by atoms with Crippen LogP contribution < -0.4 is 10.1 Å². The van der Waals surface area contributed by atoms with Crippen molar-refractivity contribution in [1.82, 2.24) is 0 Å². The van der Waals surface area contributed by atoms with Gasteiger partial charge in [0, 0.05) is 0 Å². The summed E-state index contributed by atoms with van der Waals surface area (Å²) in [6, 6.07) is 7.37. The summed E-state index contributed by atoms with van der Waals surface area (Å²) in [4.78, 5) is 11.3. The van der Waals surface area contributed by atoms with Crippen LogP contribution in [0.25, 0.3) is 0 Å². The largest absolute Gasteiger partial charge is 0.492 e. The summed E-state index contributed by atoms with van der Waals surface area (Å²) in [5.74, 6) is 0.544. The number of hydrogen-bond acceptors (Lipinski definition) is 2. The molecule has 0 aliphatic heterocycles. The zero-order chi connectivity index (χ0) is 11.1. The van der Waals surface area contributed by atoms with Crippen molar-refractivity contribution >= 4 is 11.6 Å². The van der Waals surface area contributed by atoms with Gasteiger partial charge in [0.05, 0.1) is 12.3 Å². The molecule has 1 rings (SSSR count). The SMILES string of the molecule is CC=CC(=O)Nc1ccccc1OCC. The van der Waals surface area contributed by atoms with Crippen LogP contribution in [0.5, 0.6) is 5.75 Å². The van der Waals surface area contributed by atoms with Crippen molar-refractivity contribution in [2.24, 2.45) is 0 Å². The molecule has 1 amide bonds. The van der Waals surface area contributed by atoms with Crippen molar-refractivity contribution in [3.63, 3.8) is 0 Å². The molecule has 0 radical (unpaired) electrons. The van der Waals surface area contributed by atoms with Gasteiger partial charge < -0.3 is 10.1 Å². The molecule has 1 aromatic carbocycles. The molecule has 0 aliphatic carbocycles. The van der Waals surface area contributed by atoms with E-state index in [4.69, 9.17) is 4.74 Å². The van der Waals surface area contributed by atoms with Crippen LogP contribution >= 0.6 is 0 Å². The Bertz CT molecular complexity index is 358. The number of para-hydroxylation sites is 2. The molecule has 0 spiro atoms. The molecule has 0 unspecified atom stereocenters. The quantitative estimate of drug-likeness (QED) is 0.767. The van der Waals surface area contributed by atoms with Gasteiger partial charge in [0.1, 0.15) is 5.75 Å². The second-order valence-electron chi connectivity index (χ2n) is 2.92. The van der Waals surface area contributed by atoms with E-state index in [-0.39, 0.29) is 5.91 Å². The fourth-order valence-corrected chi connectivity index (χ4v) is 1.18. The summed E-state index contributed by atoms with van der Waals surface area (Å²) in [6.45, 7) is 4.29. The summed E-state index contributed by atoms with van der Waals surface area (Å²) in [7, 11) is 0. The molecule has 0 aliphatic rings. The maximum atomic E-state index is 11.3. The van der Waals surface area contributed by atoms with Crippen LogP contribution in [-0.2, 0) is 4.79 Å². The second-order valence-corrected chi connectivity index (χ2v) is 2.92. The number of benzene rings is 1. The van der Waals surface area contributed by atoms with E-state index >= 15 is 0 Å². The molecule has 0 aromatic heterocycles. The molecule has 0 bridgehead atoms. The highest BCUT2D eigenvalue weighted by atomic mass is 16.5. The Morgan fingerprint density at radius 3 is 2.87 bits per heavy atom. The van der Waals surface area contributed by atoms with Gasteiger partial charge in [-0.1, -0.05) is 18.2 Å². The first kappa shape index (κ1) is 11.3. The molecule has 1 aromatic rings. The van der Waals surface area contributed by atoms with Gasteiger partial charge >= 0.3 is 0 Å². The number of hydrogen-bond donors (Lipinski definition) is 1. The lowest BCUT2D eigenvalue weighted by Crippen LogP contribution is -2.09. The Hall–Kier alpha value is -1.77. The lowest BCUT2D eigenvalue weighted by molar-refractivity contribution is -0.111. The molecule has 3 heteroatoms. The molecule has 0 saturated carbocycles. The van der Waals surface area contributed by atoms with E-state index in [0.29, 0.717) is 18.0 Å². The van der Waals surface area contributed by atoms with Crippen LogP contribution in [0.15, 0.2) is 36.4 Å². The van der Waals surface area contributed by atoms with Crippen LogP contribution in [0, 0.1) is 0 Å².